The summed E-state index contributed by atoms with van der Waals surface area (Å²) in [4.78, 5) is 0. The van der Waals surface area contributed by atoms with Crippen LogP contribution in [0.25, 0.3) is 21.5 Å². The van der Waals surface area contributed by atoms with Crippen molar-refractivity contribution < 1.29 is 26.3 Å². The van der Waals surface area contributed by atoms with Gasteiger partial charge in [-0.1, -0.05) is 44.0 Å². The van der Waals surface area contributed by atoms with Crippen molar-refractivity contribution in [3.05, 3.63) is 56.5 Å². The number of fused-ring (bicyclic) bond motifs is 6. The Bertz CT molecular complexity index is 975. The first-order valence-corrected chi connectivity index (χ1v) is 8.57. The molecule has 0 saturated heterocycles. The van der Waals surface area contributed by atoms with E-state index in [1.54, 1.807) is 12.1 Å². The Balaban J connectivity index is 2.37. The zero-order valence-electron chi connectivity index (χ0n) is 12.0. The largest absolute Gasteiger partial charge is 0.380 e. The van der Waals surface area contributed by atoms with Crippen molar-refractivity contribution in [1.82, 2.24) is 0 Å². The highest BCUT2D eigenvalue weighted by Gasteiger charge is 2.79. The molecule has 0 nitrogen and oxygen atoms in total. The third-order valence-corrected chi connectivity index (χ3v) is 5.45. The first-order chi connectivity index (χ1) is 11.5. The maximum Gasteiger partial charge on any atom is 0.380 e. The molecule has 0 radical (unpaired) electrons. The van der Waals surface area contributed by atoms with Gasteiger partial charge in [-0.15, -0.1) is 0 Å². The minimum Gasteiger partial charge on any atom is -0.194 e. The fourth-order valence-corrected chi connectivity index (χ4v) is 4.07. The molecule has 0 bridgehead atoms. The van der Waals surface area contributed by atoms with Gasteiger partial charge in [0.05, 0.1) is 0 Å². The van der Waals surface area contributed by atoms with Crippen molar-refractivity contribution in [3.63, 3.8) is 0 Å². The predicted molar refractivity (Wildman–Crippen MR) is 89.6 cm³/mol. The standard InChI is InChI=1S/C17H6Br2F6/c18-7-1-3-9-10-4-2-8(19)6-12(10)14-13(11(9)5-7)15(20,21)17(24,25)16(14,22)23/h1-6H. The molecule has 0 N–H and O–H groups in total. The van der Waals surface area contributed by atoms with Gasteiger partial charge in [-0.3, -0.25) is 0 Å². The summed E-state index contributed by atoms with van der Waals surface area (Å²) < 4.78 is 86.5. The SMILES string of the molecule is FC1(F)c2c(c3cc(Br)ccc3c3ccc(Br)cc23)C(F)(F)C1(F)F. The topological polar surface area (TPSA) is 0 Å². The quantitative estimate of drug-likeness (QED) is 0.231. The summed E-state index contributed by atoms with van der Waals surface area (Å²) in [6.45, 7) is 0. The Morgan fingerprint density at radius 3 is 1.28 bits per heavy atom. The van der Waals surface area contributed by atoms with Gasteiger partial charge in [-0.25, -0.2) is 0 Å². The molecule has 0 spiro atoms. The number of hydrogen-bond donors (Lipinski definition) is 0. The Morgan fingerprint density at radius 2 is 0.920 bits per heavy atom. The average Bonchev–Trinajstić information content (AvgIpc) is 2.62. The third kappa shape index (κ3) is 1.95. The Kier molecular flexibility index (Phi) is 3.37. The van der Waals surface area contributed by atoms with E-state index in [9.17, 15) is 26.3 Å². The molecular weight excluding hydrogens is 478 g/mol. The van der Waals surface area contributed by atoms with Crippen molar-refractivity contribution in [2.45, 2.75) is 17.8 Å². The summed E-state index contributed by atoms with van der Waals surface area (Å²) >= 11 is 6.17. The second-order valence-electron chi connectivity index (χ2n) is 5.85. The van der Waals surface area contributed by atoms with Crippen molar-refractivity contribution in [2.24, 2.45) is 0 Å². The molecule has 0 fully saturated rings. The van der Waals surface area contributed by atoms with Gasteiger partial charge in [0.25, 0.3) is 0 Å². The van der Waals surface area contributed by atoms with E-state index in [-0.39, 0.29) is 21.5 Å². The summed E-state index contributed by atoms with van der Waals surface area (Å²) in [7, 11) is 0. The lowest BCUT2D eigenvalue weighted by Gasteiger charge is -2.23. The highest BCUT2D eigenvalue weighted by atomic mass is 79.9. The van der Waals surface area contributed by atoms with Crippen LogP contribution in [-0.4, -0.2) is 5.92 Å². The molecule has 3 aromatic rings. The van der Waals surface area contributed by atoms with Crippen molar-refractivity contribution in [2.75, 3.05) is 0 Å². The van der Waals surface area contributed by atoms with Gasteiger partial charge in [0, 0.05) is 20.1 Å². The summed E-state index contributed by atoms with van der Waals surface area (Å²) in [6, 6.07) is 8.31. The van der Waals surface area contributed by atoms with Crippen LogP contribution < -0.4 is 0 Å². The second-order valence-corrected chi connectivity index (χ2v) is 7.68. The number of rotatable bonds is 0. The van der Waals surface area contributed by atoms with Crippen molar-refractivity contribution >= 4 is 53.4 Å². The van der Waals surface area contributed by atoms with Crippen LogP contribution in [0.1, 0.15) is 11.1 Å². The van der Waals surface area contributed by atoms with Crippen LogP contribution in [0.15, 0.2) is 45.3 Å². The molecule has 0 atom stereocenters. The molecule has 3 aromatic carbocycles. The third-order valence-electron chi connectivity index (χ3n) is 4.46. The minimum atomic E-state index is -5.52. The normalized spacial score (nSPS) is 20.2. The second kappa shape index (κ2) is 4.91. The monoisotopic (exact) mass is 482 g/mol. The van der Waals surface area contributed by atoms with Gasteiger partial charge >= 0.3 is 17.8 Å². The van der Waals surface area contributed by atoms with Gasteiger partial charge in [-0.2, -0.15) is 26.3 Å². The van der Waals surface area contributed by atoms with Crippen LogP contribution in [-0.2, 0) is 11.8 Å². The van der Waals surface area contributed by atoms with Crippen LogP contribution in [0, 0.1) is 0 Å². The Labute approximate surface area is 154 Å². The summed E-state index contributed by atoms with van der Waals surface area (Å²) in [5, 5.41) is -0.225. The molecule has 8 heteroatoms. The Hall–Kier alpha value is -1.28. The average molecular weight is 484 g/mol. The molecule has 0 heterocycles. The fourth-order valence-electron chi connectivity index (χ4n) is 3.35. The van der Waals surface area contributed by atoms with Crippen molar-refractivity contribution in [1.29, 1.82) is 0 Å². The lowest BCUT2D eigenvalue weighted by atomic mass is 9.92. The zero-order valence-corrected chi connectivity index (χ0v) is 15.2. The molecule has 1 aliphatic rings. The first-order valence-electron chi connectivity index (χ1n) is 6.99. The number of hydrogen-bond acceptors (Lipinski definition) is 0. The van der Waals surface area contributed by atoms with E-state index in [0.29, 0.717) is 8.95 Å². The van der Waals surface area contributed by atoms with E-state index in [2.05, 4.69) is 31.9 Å². The molecule has 0 saturated carbocycles. The summed E-state index contributed by atoms with van der Waals surface area (Å²) in [5.41, 5.74) is -2.63. The van der Waals surface area contributed by atoms with E-state index in [0.717, 1.165) is 0 Å². The molecule has 0 unspecified atom stereocenters. The molecule has 130 valence electrons. The maximum absolute atomic E-state index is 14.4. The van der Waals surface area contributed by atoms with E-state index >= 15 is 0 Å². The van der Waals surface area contributed by atoms with Crippen LogP contribution in [0.4, 0.5) is 26.3 Å². The van der Waals surface area contributed by atoms with Gasteiger partial charge in [0.1, 0.15) is 0 Å². The van der Waals surface area contributed by atoms with E-state index < -0.39 is 28.9 Å². The van der Waals surface area contributed by atoms with Gasteiger partial charge in [0.15, 0.2) is 0 Å². The van der Waals surface area contributed by atoms with Crippen molar-refractivity contribution in [3.8, 4) is 0 Å². The lowest BCUT2D eigenvalue weighted by Crippen LogP contribution is -2.43. The van der Waals surface area contributed by atoms with Crippen LogP contribution in [0.5, 0.6) is 0 Å². The number of halogens is 8. The lowest BCUT2D eigenvalue weighted by molar-refractivity contribution is -0.301. The minimum absolute atomic E-state index is 0.206. The van der Waals surface area contributed by atoms with E-state index in [1.165, 1.54) is 24.3 Å². The van der Waals surface area contributed by atoms with E-state index in [1.807, 2.05) is 0 Å². The van der Waals surface area contributed by atoms with Crippen LogP contribution >= 0.6 is 31.9 Å². The molecular formula is C17H6Br2F6. The number of alkyl halides is 6. The molecule has 0 aliphatic heterocycles. The molecule has 1 aliphatic carbocycles. The highest BCUT2D eigenvalue weighted by molar-refractivity contribution is 9.10. The molecule has 0 amide bonds. The summed E-state index contributed by atoms with van der Waals surface area (Å²) in [5.74, 6) is -15.5. The molecule has 0 aromatic heterocycles. The predicted octanol–water partition coefficient (Wildman–Crippen LogP) is 7.35. The van der Waals surface area contributed by atoms with Crippen LogP contribution in [0.2, 0.25) is 0 Å². The van der Waals surface area contributed by atoms with Gasteiger partial charge in [0.2, 0.25) is 0 Å². The molecule has 4 rings (SSSR count). The fraction of sp³-hybridized carbons (Fsp3) is 0.176. The first kappa shape index (κ1) is 17.1. The van der Waals surface area contributed by atoms with E-state index in [4.69, 9.17) is 0 Å². The highest BCUT2D eigenvalue weighted by Crippen LogP contribution is 2.66. The summed E-state index contributed by atoms with van der Waals surface area (Å²) in [6.07, 6.45) is 0. The molecule has 25 heavy (non-hydrogen) atoms. The smallest absolute Gasteiger partial charge is 0.194 e. The van der Waals surface area contributed by atoms with Gasteiger partial charge < -0.3 is 0 Å². The zero-order chi connectivity index (χ0) is 18.4. The maximum atomic E-state index is 14.4. The Morgan fingerprint density at radius 1 is 0.560 bits per heavy atom. The van der Waals surface area contributed by atoms with Gasteiger partial charge in [-0.05, 0) is 45.8 Å². The van der Waals surface area contributed by atoms with Crippen LogP contribution in [0.3, 0.4) is 0 Å². The number of benzene rings is 3.